The highest BCUT2D eigenvalue weighted by Gasteiger charge is 2.35. The number of aliphatic hydroxyl groups is 1. The van der Waals surface area contributed by atoms with Crippen LogP contribution in [-0.4, -0.2) is 38.0 Å². The summed E-state index contributed by atoms with van der Waals surface area (Å²) >= 11 is 0. The normalized spacial score (nSPS) is 21.9. The van der Waals surface area contributed by atoms with Crippen LogP contribution in [0.3, 0.4) is 0 Å². The Kier molecular flexibility index (Phi) is 3.27. The molecule has 0 bridgehead atoms. The molecule has 0 aromatic heterocycles. The lowest BCUT2D eigenvalue weighted by atomic mass is 9.80. The summed E-state index contributed by atoms with van der Waals surface area (Å²) in [5.41, 5.74) is 2.84. The minimum atomic E-state index is 0.0374. The minimum Gasteiger partial charge on any atom is -0.396 e. The second kappa shape index (κ2) is 4.90. The van der Waals surface area contributed by atoms with E-state index in [4.69, 9.17) is 4.74 Å². The predicted molar refractivity (Wildman–Crippen MR) is 71.9 cm³/mol. The maximum absolute atomic E-state index is 9.77. The van der Waals surface area contributed by atoms with Gasteiger partial charge in [-0.25, -0.2) is 0 Å². The van der Waals surface area contributed by atoms with Gasteiger partial charge in [0.15, 0.2) is 0 Å². The van der Waals surface area contributed by atoms with Crippen LogP contribution in [0.1, 0.15) is 18.4 Å². The van der Waals surface area contributed by atoms with Crippen LogP contribution in [0.2, 0.25) is 0 Å². The van der Waals surface area contributed by atoms with Crippen LogP contribution < -0.4 is 4.90 Å². The molecule has 0 saturated carbocycles. The monoisotopic (exact) mass is 247 g/mol. The van der Waals surface area contributed by atoms with Crippen LogP contribution in [0.15, 0.2) is 24.3 Å². The third-order valence-electron chi connectivity index (χ3n) is 4.40. The van der Waals surface area contributed by atoms with E-state index in [2.05, 4.69) is 29.2 Å². The average Bonchev–Trinajstić information content (AvgIpc) is 2.83. The zero-order chi connectivity index (χ0) is 12.4. The van der Waals surface area contributed by atoms with Crippen LogP contribution in [0, 0.1) is 5.41 Å². The fraction of sp³-hybridized carbons (Fsp3) is 0.600. The molecule has 3 heteroatoms. The van der Waals surface area contributed by atoms with E-state index < -0.39 is 0 Å². The standard InChI is InChI=1S/C15H21NO2/c17-12-15(6-9-18-10-7-15)11-16-8-5-13-3-1-2-4-14(13)16/h1-4,17H,5-12H2. The molecule has 1 saturated heterocycles. The molecule has 0 unspecified atom stereocenters. The van der Waals surface area contributed by atoms with Gasteiger partial charge in [-0.1, -0.05) is 18.2 Å². The molecule has 0 atom stereocenters. The van der Waals surface area contributed by atoms with Crippen molar-refractivity contribution in [3.8, 4) is 0 Å². The van der Waals surface area contributed by atoms with Crippen molar-refractivity contribution in [2.45, 2.75) is 19.3 Å². The van der Waals surface area contributed by atoms with E-state index in [1.54, 1.807) is 0 Å². The Morgan fingerprint density at radius 2 is 2.00 bits per heavy atom. The number of aliphatic hydroxyl groups excluding tert-OH is 1. The summed E-state index contributed by atoms with van der Waals surface area (Å²) in [7, 11) is 0. The first kappa shape index (κ1) is 12.0. The molecule has 18 heavy (non-hydrogen) atoms. The minimum absolute atomic E-state index is 0.0374. The lowest BCUT2D eigenvalue weighted by Gasteiger charge is -2.39. The molecule has 0 radical (unpaired) electrons. The maximum Gasteiger partial charge on any atom is 0.0506 e. The van der Waals surface area contributed by atoms with E-state index in [1.807, 2.05) is 0 Å². The van der Waals surface area contributed by atoms with Crippen molar-refractivity contribution < 1.29 is 9.84 Å². The van der Waals surface area contributed by atoms with Crippen LogP contribution in [0.25, 0.3) is 0 Å². The highest BCUT2D eigenvalue weighted by Crippen LogP contribution is 2.35. The zero-order valence-corrected chi connectivity index (χ0v) is 10.8. The van der Waals surface area contributed by atoms with Crippen LogP contribution in [0.5, 0.6) is 0 Å². The molecule has 3 nitrogen and oxygen atoms in total. The van der Waals surface area contributed by atoms with Gasteiger partial charge in [0, 0.05) is 37.4 Å². The summed E-state index contributed by atoms with van der Waals surface area (Å²) < 4.78 is 5.43. The quantitative estimate of drug-likeness (QED) is 0.884. The Morgan fingerprint density at radius 3 is 2.78 bits per heavy atom. The summed E-state index contributed by atoms with van der Waals surface area (Å²) in [6.45, 7) is 3.90. The summed E-state index contributed by atoms with van der Waals surface area (Å²) in [5.74, 6) is 0. The fourth-order valence-corrected chi connectivity index (χ4v) is 3.15. The largest absolute Gasteiger partial charge is 0.396 e. The molecule has 0 aliphatic carbocycles. The molecule has 1 N–H and O–H groups in total. The number of para-hydroxylation sites is 1. The lowest BCUT2D eigenvalue weighted by molar-refractivity contribution is -0.0116. The molecule has 2 aliphatic heterocycles. The SMILES string of the molecule is OCC1(CN2CCc3ccccc32)CCOCC1. The first-order chi connectivity index (χ1) is 8.83. The number of ether oxygens (including phenoxy) is 1. The number of nitrogens with zero attached hydrogens (tertiary/aromatic N) is 1. The van der Waals surface area contributed by atoms with E-state index in [1.165, 1.54) is 11.3 Å². The van der Waals surface area contributed by atoms with E-state index in [0.29, 0.717) is 0 Å². The smallest absolute Gasteiger partial charge is 0.0506 e. The third kappa shape index (κ3) is 2.13. The summed E-state index contributed by atoms with van der Waals surface area (Å²) in [6, 6.07) is 8.63. The van der Waals surface area contributed by atoms with E-state index in [0.717, 1.165) is 45.6 Å². The predicted octanol–water partition coefficient (Wildman–Crippen LogP) is 1.84. The second-order valence-corrected chi connectivity index (χ2v) is 5.57. The van der Waals surface area contributed by atoms with Gasteiger partial charge in [0.25, 0.3) is 0 Å². The third-order valence-corrected chi connectivity index (χ3v) is 4.40. The van der Waals surface area contributed by atoms with Gasteiger partial charge in [-0.15, -0.1) is 0 Å². The number of benzene rings is 1. The number of anilines is 1. The van der Waals surface area contributed by atoms with Crippen molar-refractivity contribution >= 4 is 5.69 Å². The number of fused-ring (bicyclic) bond motifs is 1. The Hall–Kier alpha value is -1.06. The fourth-order valence-electron chi connectivity index (χ4n) is 3.15. The lowest BCUT2D eigenvalue weighted by Crippen LogP contribution is -2.43. The summed E-state index contributed by atoms with van der Waals surface area (Å²) in [4.78, 5) is 2.44. The second-order valence-electron chi connectivity index (χ2n) is 5.57. The number of hydrogen-bond acceptors (Lipinski definition) is 3. The molecular weight excluding hydrogens is 226 g/mol. The molecule has 1 aromatic carbocycles. The van der Waals surface area contributed by atoms with Gasteiger partial charge in [0.1, 0.15) is 0 Å². The zero-order valence-electron chi connectivity index (χ0n) is 10.8. The first-order valence-electron chi connectivity index (χ1n) is 6.84. The highest BCUT2D eigenvalue weighted by molar-refractivity contribution is 5.57. The van der Waals surface area contributed by atoms with Gasteiger partial charge in [-0.05, 0) is 30.9 Å². The van der Waals surface area contributed by atoms with E-state index in [9.17, 15) is 5.11 Å². The topological polar surface area (TPSA) is 32.7 Å². The summed E-state index contributed by atoms with van der Waals surface area (Å²) in [6.07, 6.45) is 3.08. The Balaban J connectivity index is 1.77. The Labute approximate surface area is 108 Å². The molecular formula is C15H21NO2. The van der Waals surface area contributed by atoms with Gasteiger partial charge >= 0.3 is 0 Å². The molecule has 3 rings (SSSR count). The Bertz CT molecular complexity index is 413. The molecule has 98 valence electrons. The van der Waals surface area contributed by atoms with Crippen molar-refractivity contribution in [1.29, 1.82) is 0 Å². The molecule has 2 aliphatic rings. The van der Waals surface area contributed by atoms with Gasteiger partial charge in [-0.3, -0.25) is 0 Å². The van der Waals surface area contributed by atoms with Gasteiger partial charge < -0.3 is 14.7 Å². The van der Waals surface area contributed by atoms with E-state index in [-0.39, 0.29) is 12.0 Å². The Morgan fingerprint density at radius 1 is 1.22 bits per heavy atom. The van der Waals surface area contributed by atoms with Crippen LogP contribution >= 0.6 is 0 Å². The van der Waals surface area contributed by atoms with Gasteiger partial charge in [0.05, 0.1) is 6.61 Å². The first-order valence-corrected chi connectivity index (χ1v) is 6.84. The van der Waals surface area contributed by atoms with Crippen molar-refractivity contribution in [1.82, 2.24) is 0 Å². The van der Waals surface area contributed by atoms with E-state index >= 15 is 0 Å². The molecule has 2 heterocycles. The molecule has 1 fully saturated rings. The number of hydrogen-bond donors (Lipinski definition) is 1. The molecule has 1 aromatic rings. The molecule has 0 spiro atoms. The van der Waals surface area contributed by atoms with Crippen molar-refractivity contribution in [2.24, 2.45) is 5.41 Å². The summed E-state index contributed by atoms with van der Waals surface area (Å²) in [5, 5.41) is 9.77. The maximum atomic E-state index is 9.77. The number of rotatable bonds is 3. The molecule has 0 amide bonds. The van der Waals surface area contributed by atoms with Crippen molar-refractivity contribution in [3.63, 3.8) is 0 Å². The van der Waals surface area contributed by atoms with Crippen molar-refractivity contribution in [3.05, 3.63) is 29.8 Å². The van der Waals surface area contributed by atoms with Crippen LogP contribution in [-0.2, 0) is 11.2 Å². The van der Waals surface area contributed by atoms with Crippen LogP contribution in [0.4, 0.5) is 5.69 Å². The van der Waals surface area contributed by atoms with Gasteiger partial charge in [-0.2, -0.15) is 0 Å². The van der Waals surface area contributed by atoms with Crippen molar-refractivity contribution in [2.75, 3.05) is 37.8 Å². The van der Waals surface area contributed by atoms with Gasteiger partial charge in [0.2, 0.25) is 0 Å². The highest BCUT2D eigenvalue weighted by atomic mass is 16.5. The average molecular weight is 247 g/mol.